The Morgan fingerprint density at radius 3 is 2.61 bits per heavy atom. The molecule has 18 heavy (non-hydrogen) atoms. The molecule has 0 unspecified atom stereocenters. The molecule has 1 heterocycles. The summed E-state index contributed by atoms with van der Waals surface area (Å²) >= 11 is 3.48. The van der Waals surface area contributed by atoms with E-state index in [4.69, 9.17) is 4.74 Å². The molecule has 1 aromatic heterocycles. The number of nitrogens with zero attached hydrogens (tertiary/aromatic N) is 2. The van der Waals surface area contributed by atoms with Crippen molar-refractivity contribution in [1.82, 2.24) is 4.98 Å². The van der Waals surface area contributed by atoms with Crippen molar-refractivity contribution in [2.75, 3.05) is 16.8 Å². The Bertz CT molecular complexity index is 355. The van der Waals surface area contributed by atoms with Crippen LogP contribution in [-0.2, 0) is 0 Å². The third kappa shape index (κ3) is 4.48. The molecule has 0 spiro atoms. The predicted molar refractivity (Wildman–Crippen MR) is 80.9 cm³/mol. The van der Waals surface area contributed by atoms with Crippen LogP contribution in [0.25, 0.3) is 0 Å². The molecular weight excluding hydrogens is 292 g/mol. The minimum Gasteiger partial charge on any atom is -0.487 e. The maximum Gasteiger partial charge on any atom is 0.171 e. The van der Waals surface area contributed by atoms with Gasteiger partial charge in [-0.1, -0.05) is 15.9 Å². The van der Waals surface area contributed by atoms with Gasteiger partial charge in [0.25, 0.3) is 0 Å². The summed E-state index contributed by atoms with van der Waals surface area (Å²) in [4.78, 5) is 6.78. The van der Waals surface area contributed by atoms with Gasteiger partial charge in [-0.05, 0) is 46.2 Å². The molecule has 1 aromatic rings. The Balaban J connectivity index is 2.95. The molecule has 0 radical (unpaired) electrons. The van der Waals surface area contributed by atoms with Crippen molar-refractivity contribution in [3.63, 3.8) is 0 Å². The van der Waals surface area contributed by atoms with E-state index in [2.05, 4.69) is 39.7 Å². The quantitative estimate of drug-likeness (QED) is 0.714. The zero-order chi connectivity index (χ0) is 13.5. The number of anilines is 1. The van der Waals surface area contributed by atoms with Crippen LogP contribution in [0.4, 0.5) is 5.82 Å². The van der Waals surface area contributed by atoms with E-state index >= 15 is 0 Å². The second-order valence-electron chi connectivity index (χ2n) is 4.82. The highest BCUT2D eigenvalue weighted by atomic mass is 79.9. The lowest BCUT2D eigenvalue weighted by Gasteiger charge is -2.29. The van der Waals surface area contributed by atoms with E-state index in [1.165, 1.54) is 0 Å². The fraction of sp³-hybridized carbons (Fsp3) is 0.643. The summed E-state index contributed by atoms with van der Waals surface area (Å²) in [6.07, 6.45) is 3.08. The third-order valence-electron chi connectivity index (χ3n) is 2.54. The average molecular weight is 315 g/mol. The van der Waals surface area contributed by atoms with Gasteiger partial charge in [-0.25, -0.2) is 4.98 Å². The van der Waals surface area contributed by atoms with Crippen molar-refractivity contribution in [3.05, 3.63) is 18.3 Å². The monoisotopic (exact) mass is 314 g/mol. The Kier molecular flexibility index (Phi) is 6.47. The number of ether oxygens (including phenoxy) is 1. The zero-order valence-corrected chi connectivity index (χ0v) is 13.3. The first-order valence-electron chi connectivity index (χ1n) is 6.50. The van der Waals surface area contributed by atoms with Crippen molar-refractivity contribution in [2.45, 2.75) is 46.3 Å². The molecule has 0 fully saturated rings. The number of rotatable bonds is 7. The summed E-state index contributed by atoms with van der Waals surface area (Å²) in [5, 5.41) is 1.00. The maximum atomic E-state index is 5.84. The molecule has 0 N–H and O–H groups in total. The molecule has 0 aromatic carbocycles. The van der Waals surface area contributed by atoms with Gasteiger partial charge in [0.05, 0.1) is 6.10 Å². The van der Waals surface area contributed by atoms with E-state index in [1.54, 1.807) is 0 Å². The molecule has 3 nitrogen and oxygen atoms in total. The highest BCUT2D eigenvalue weighted by molar-refractivity contribution is 9.09. The Morgan fingerprint density at radius 1 is 1.33 bits per heavy atom. The van der Waals surface area contributed by atoms with E-state index in [9.17, 15) is 0 Å². The summed E-state index contributed by atoms with van der Waals surface area (Å²) in [6, 6.07) is 4.32. The minimum absolute atomic E-state index is 0.165. The zero-order valence-electron chi connectivity index (χ0n) is 11.7. The minimum atomic E-state index is 0.165. The van der Waals surface area contributed by atoms with Crippen LogP contribution in [-0.4, -0.2) is 29.0 Å². The Hall–Kier alpha value is -0.770. The molecule has 0 atom stereocenters. The summed E-state index contributed by atoms with van der Waals surface area (Å²) in [7, 11) is 0. The van der Waals surface area contributed by atoms with E-state index < -0.39 is 0 Å². The van der Waals surface area contributed by atoms with Crippen molar-refractivity contribution in [1.29, 1.82) is 0 Å². The van der Waals surface area contributed by atoms with Crippen LogP contribution < -0.4 is 9.64 Å². The number of hydrogen-bond donors (Lipinski definition) is 0. The lowest BCUT2D eigenvalue weighted by molar-refractivity contribution is 0.241. The lowest BCUT2D eigenvalue weighted by atomic mass is 10.2. The van der Waals surface area contributed by atoms with Gasteiger partial charge in [-0.2, -0.15) is 0 Å². The number of hydrogen-bond acceptors (Lipinski definition) is 3. The van der Waals surface area contributed by atoms with Crippen molar-refractivity contribution < 1.29 is 4.74 Å². The molecular formula is C14H23BrN2O. The fourth-order valence-electron chi connectivity index (χ4n) is 1.78. The SMILES string of the molecule is CC(C)Oc1cccnc1N(CCCBr)C(C)C. The van der Waals surface area contributed by atoms with Gasteiger partial charge in [0, 0.05) is 24.1 Å². The van der Waals surface area contributed by atoms with Gasteiger partial charge in [0.1, 0.15) is 0 Å². The molecule has 0 aliphatic heterocycles. The van der Waals surface area contributed by atoms with Crippen LogP contribution in [0.2, 0.25) is 0 Å². The van der Waals surface area contributed by atoms with Gasteiger partial charge in [0.2, 0.25) is 0 Å². The van der Waals surface area contributed by atoms with Crippen molar-refractivity contribution in [2.24, 2.45) is 0 Å². The highest BCUT2D eigenvalue weighted by Crippen LogP contribution is 2.27. The number of alkyl halides is 1. The van der Waals surface area contributed by atoms with E-state index in [-0.39, 0.29) is 6.10 Å². The standard InChI is InChI=1S/C14H23BrN2O/c1-11(2)17(10-6-8-15)14-13(18-12(3)4)7-5-9-16-14/h5,7,9,11-12H,6,8,10H2,1-4H3. The van der Waals surface area contributed by atoms with E-state index in [1.807, 2.05) is 32.2 Å². The van der Waals surface area contributed by atoms with Crippen LogP contribution in [0.5, 0.6) is 5.75 Å². The van der Waals surface area contributed by atoms with Gasteiger partial charge in [0.15, 0.2) is 11.6 Å². The van der Waals surface area contributed by atoms with Crippen LogP contribution in [0.15, 0.2) is 18.3 Å². The van der Waals surface area contributed by atoms with E-state index in [0.29, 0.717) is 6.04 Å². The van der Waals surface area contributed by atoms with Crippen molar-refractivity contribution in [3.8, 4) is 5.75 Å². The van der Waals surface area contributed by atoms with Gasteiger partial charge >= 0.3 is 0 Å². The van der Waals surface area contributed by atoms with Gasteiger partial charge in [-0.15, -0.1) is 0 Å². The van der Waals surface area contributed by atoms with Gasteiger partial charge < -0.3 is 9.64 Å². The first-order chi connectivity index (χ1) is 8.56. The van der Waals surface area contributed by atoms with Crippen LogP contribution >= 0.6 is 15.9 Å². The molecule has 1 rings (SSSR count). The smallest absolute Gasteiger partial charge is 0.171 e. The summed E-state index contributed by atoms with van der Waals surface area (Å²) in [5.41, 5.74) is 0. The van der Waals surface area contributed by atoms with Crippen LogP contribution in [0.1, 0.15) is 34.1 Å². The van der Waals surface area contributed by atoms with Crippen LogP contribution in [0.3, 0.4) is 0 Å². The average Bonchev–Trinajstić information content (AvgIpc) is 2.30. The second kappa shape index (κ2) is 7.62. The molecule has 0 bridgehead atoms. The van der Waals surface area contributed by atoms with E-state index in [0.717, 1.165) is 29.9 Å². The fourth-order valence-corrected chi connectivity index (χ4v) is 2.03. The number of aromatic nitrogens is 1. The summed E-state index contributed by atoms with van der Waals surface area (Å²) in [5.74, 6) is 1.82. The second-order valence-corrected chi connectivity index (χ2v) is 5.61. The Morgan fingerprint density at radius 2 is 2.06 bits per heavy atom. The Labute approximate surface area is 119 Å². The molecule has 0 aliphatic rings. The molecule has 0 amide bonds. The lowest BCUT2D eigenvalue weighted by Crippen LogP contribution is -2.33. The topological polar surface area (TPSA) is 25.4 Å². The normalized spacial score (nSPS) is 11.1. The molecule has 0 saturated carbocycles. The molecule has 0 aliphatic carbocycles. The highest BCUT2D eigenvalue weighted by Gasteiger charge is 2.16. The molecule has 4 heteroatoms. The first-order valence-corrected chi connectivity index (χ1v) is 7.62. The van der Waals surface area contributed by atoms with Crippen LogP contribution in [0, 0.1) is 0 Å². The molecule has 102 valence electrons. The molecule has 0 saturated heterocycles. The first kappa shape index (κ1) is 15.3. The third-order valence-corrected chi connectivity index (χ3v) is 3.10. The summed E-state index contributed by atoms with van der Waals surface area (Å²) < 4.78 is 5.84. The van der Waals surface area contributed by atoms with Crippen molar-refractivity contribution >= 4 is 21.7 Å². The predicted octanol–water partition coefficient (Wildman–Crippen LogP) is 3.87. The maximum absolute atomic E-state index is 5.84. The number of halogens is 1. The largest absolute Gasteiger partial charge is 0.487 e. The van der Waals surface area contributed by atoms with Gasteiger partial charge in [-0.3, -0.25) is 0 Å². The summed E-state index contributed by atoms with van der Waals surface area (Å²) in [6.45, 7) is 9.42. The number of pyridine rings is 1.